The van der Waals surface area contributed by atoms with Crippen LogP contribution in [0.25, 0.3) is 10.4 Å². The average Bonchev–Trinajstić information content (AvgIpc) is 2.73. The average molecular weight is 265 g/mol. The van der Waals surface area contributed by atoms with Gasteiger partial charge in [0, 0.05) is 14.8 Å². The normalized spacial score (nSPS) is 15.2. The van der Waals surface area contributed by atoms with Crippen LogP contribution in [-0.4, -0.2) is 5.11 Å². The molecule has 2 aromatic rings. The number of aliphatic hydroxyl groups is 1. The van der Waals surface area contributed by atoms with E-state index in [1.54, 1.807) is 11.3 Å². The first-order valence-corrected chi connectivity index (χ1v) is 6.94. The predicted molar refractivity (Wildman–Crippen MR) is 72.8 cm³/mol. The van der Waals surface area contributed by atoms with Crippen molar-refractivity contribution in [3.8, 4) is 10.4 Å². The second kappa shape index (κ2) is 4.13. The minimum absolute atomic E-state index is 0.381. The lowest BCUT2D eigenvalue weighted by molar-refractivity contribution is 0.203. The van der Waals surface area contributed by atoms with E-state index in [-0.39, 0.29) is 6.10 Å². The topological polar surface area (TPSA) is 20.2 Å². The largest absolute Gasteiger partial charge is 0.388 e. The molecule has 1 aromatic heterocycles. The Morgan fingerprint density at radius 3 is 2.76 bits per heavy atom. The molecule has 1 aliphatic carbocycles. The van der Waals surface area contributed by atoms with Crippen molar-refractivity contribution in [2.45, 2.75) is 25.9 Å². The third kappa shape index (κ3) is 1.90. The molecule has 0 spiro atoms. The molecular formula is C14H13ClOS. The fraction of sp³-hybridized carbons (Fsp3) is 0.286. The van der Waals surface area contributed by atoms with Crippen molar-refractivity contribution in [1.82, 2.24) is 0 Å². The molecule has 88 valence electrons. The van der Waals surface area contributed by atoms with Crippen LogP contribution >= 0.6 is 22.9 Å². The van der Waals surface area contributed by atoms with Crippen LogP contribution in [0.3, 0.4) is 0 Å². The smallest absolute Gasteiger partial charge is 0.0854 e. The molecule has 0 aliphatic heterocycles. The third-order valence-corrected chi connectivity index (χ3v) is 4.84. The Labute approximate surface area is 110 Å². The maximum Gasteiger partial charge on any atom is 0.0854 e. The predicted octanol–water partition coefficient (Wildman–Crippen LogP) is 4.22. The van der Waals surface area contributed by atoms with Crippen LogP contribution < -0.4 is 0 Å². The Balaban J connectivity index is 2.18. The third-order valence-electron chi connectivity index (χ3n) is 3.22. The van der Waals surface area contributed by atoms with Crippen molar-refractivity contribution >= 4 is 22.9 Å². The molecule has 1 nitrogen and oxygen atoms in total. The van der Waals surface area contributed by atoms with Crippen molar-refractivity contribution < 1.29 is 5.11 Å². The second-order valence-corrected chi connectivity index (χ2v) is 6.00. The lowest BCUT2D eigenvalue weighted by Gasteiger charge is -2.16. The van der Waals surface area contributed by atoms with Crippen LogP contribution in [-0.2, 0) is 12.8 Å². The summed E-state index contributed by atoms with van der Waals surface area (Å²) in [6.07, 6.45) is 1.75. The standard InChI is InChI=1S/C14H13ClOS/c1-8(16)13-6-10-3-2-9-4-5-11(15)7-12(9)14(10)17-13/h4-8,16H,2-3H2,1H3. The van der Waals surface area contributed by atoms with Crippen molar-refractivity contribution in [2.24, 2.45) is 0 Å². The van der Waals surface area contributed by atoms with E-state index >= 15 is 0 Å². The van der Waals surface area contributed by atoms with Crippen LogP contribution in [0.2, 0.25) is 5.02 Å². The molecule has 0 bridgehead atoms. The molecule has 0 fully saturated rings. The lowest BCUT2D eigenvalue weighted by atomic mass is 9.91. The van der Waals surface area contributed by atoms with E-state index < -0.39 is 0 Å². The Morgan fingerprint density at radius 2 is 2.00 bits per heavy atom. The van der Waals surface area contributed by atoms with Crippen molar-refractivity contribution in [3.05, 3.63) is 45.3 Å². The fourth-order valence-electron chi connectivity index (χ4n) is 2.32. The molecule has 3 heteroatoms. The van der Waals surface area contributed by atoms with Crippen LogP contribution in [0, 0.1) is 0 Å². The minimum atomic E-state index is -0.381. The highest BCUT2D eigenvalue weighted by molar-refractivity contribution is 7.15. The zero-order chi connectivity index (χ0) is 12.0. The van der Waals surface area contributed by atoms with Gasteiger partial charge in [-0.15, -0.1) is 11.3 Å². The molecule has 17 heavy (non-hydrogen) atoms. The van der Waals surface area contributed by atoms with Crippen molar-refractivity contribution in [1.29, 1.82) is 0 Å². The molecule has 1 N–H and O–H groups in total. The number of hydrogen-bond donors (Lipinski definition) is 1. The number of aliphatic hydroxyl groups excluding tert-OH is 1. The maximum atomic E-state index is 9.66. The zero-order valence-electron chi connectivity index (χ0n) is 9.53. The first kappa shape index (κ1) is 11.3. The molecule has 0 saturated carbocycles. The van der Waals surface area contributed by atoms with Gasteiger partial charge in [-0.1, -0.05) is 17.7 Å². The summed E-state index contributed by atoms with van der Waals surface area (Å²) in [7, 11) is 0. The van der Waals surface area contributed by atoms with Gasteiger partial charge in [0.2, 0.25) is 0 Å². The summed E-state index contributed by atoms with van der Waals surface area (Å²) in [6, 6.07) is 8.24. The highest BCUT2D eigenvalue weighted by Crippen LogP contribution is 2.42. The molecule has 0 amide bonds. The van der Waals surface area contributed by atoms with Crippen LogP contribution in [0.15, 0.2) is 24.3 Å². The summed E-state index contributed by atoms with van der Waals surface area (Å²) in [5.41, 5.74) is 3.96. The van der Waals surface area contributed by atoms with E-state index in [1.165, 1.54) is 21.6 Å². The number of rotatable bonds is 1. The van der Waals surface area contributed by atoms with Gasteiger partial charge in [-0.3, -0.25) is 0 Å². The van der Waals surface area contributed by atoms with E-state index in [0.717, 1.165) is 22.7 Å². The number of aryl methyl sites for hydroxylation is 2. The highest BCUT2D eigenvalue weighted by atomic mass is 35.5. The Morgan fingerprint density at radius 1 is 1.24 bits per heavy atom. The van der Waals surface area contributed by atoms with E-state index in [1.807, 2.05) is 19.1 Å². The van der Waals surface area contributed by atoms with Gasteiger partial charge in [0.25, 0.3) is 0 Å². The Kier molecular flexibility index (Phi) is 2.74. The number of thiophene rings is 1. The summed E-state index contributed by atoms with van der Waals surface area (Å²) < 4.78 is 0. The zero-order valence-corrected chi connectivity index (χ0v) is 11.1. The van der Waals surface area contributed by atoms with Gasteiger partial charge in [-0.05, 0) is 54.7 Å². The van der Waals surface area contributed by atoms with Gasteiger partial charge >= 0.3 is 0 Å². The van der Waals surface area contributed by atoms with E-state index in [0.29, 0.717) is 0 Å². The number of halogens is 1. The van der Waals surface area contributed by atoms with Crippen LogP contribution in [0.1, 0.15) is 29.0 Å². The van der Waals surface area contributed by atoms with Gasteiger partial charge < -0.3 is 5.11 Å². The SMILES string of the molecule is CC(O)c1cc2c(s1)-c1cc(Cl)ccc1CC2. The van der Waals surface area contributed by atoms with Gasteiger partial charge in [0.1, 0.15) is 0 Å². The molecule has 0 saturated heterocycles. The van der Waals surface area contributed by atoms with E-state index in [9.17, 15) is 5.11 Å². The Hall–Kier alpha value is -0.830. The Bertz CT molecular complexity index is 572. The van der Waals surface area contributed by atoms with E-state index in [4.69, 9.17) is 11.6 Å². The van der Waals surface area contributed by atoms with Gasteiger partial charge in [-0.2, -0.15) is 0 Å². The maximum absolute atomic E-state index is 9.66. The summed E-state index contributed by atoms with van der Waals surface area (Å²) in [5, 5.41) is 10.4. The minimum Gasteiger partial charge on any atom is -0.388 e. The summed E-state index contributed by atoms with van der Waals surface area (Å²) >= 11 is 7.75. The fourth-order valence-corrected chi connectivity index (χ4v) is 3.69. The second-order valence-electron chi connectivity index (χ2n) is 4.48. The molecule has 1 unspecified atom stereocenters. The molecule has 1 atom stereocenters. The molecule has 3 rings (SSSR count). The lowest BCUT2D eigenvalue weighted by Crippen LogP contribution is -2.00. The number of hydrogen-bond acceptors (Lipinski definition) is 2. The molecule has 1 aliphatic rings. The summed E-state index contributed by atoms with van der Waals surface area (Å²) in [6.45, 7) is 1.82. The van der Waals surface area contributed by atoms with Gasteiger partial charge in [0.15, 0.2) is 0 Å². The highest BCUT2D eigenvalue weighted by Gasteiger charge is 2.20. The molecule has 1 heterocycles. The monoisotopic (exact) mass is 264 g/mol. The quantitative estimate of drug-likeness (QED) is 0.818. The number of fused-ring (bicyclic) bond motifs is 3. The van der Waals surface area contributed by atoms with Gasteiger partial charge in [0.05, 0.1) is 6.10 Å². The summed E-state index contributed by atoms with van der Waals surface area (Å²) in [5.74, 6) is 0. The van der Waals surface area contributed by atoms with Crippen LogP contribution in [0.5, 0.6) is 0 Å². The molecule has 1 aromatic carbocycles. The van der Waals surface area contributed by atoms with Gasteiger partial charge in [-0.25, -0.2) is 0 Å². The van der Waals surface area contributed by atoms with Crippen molar-refractivity contribution in [3.63, 3.8) is 0 Å². The first-order chi connectivity index (χ1) is 8.15. The first-order valence-electron chi connectivity index (χ1n) is 5.74. The molecule has 0 radical (unpaired) electrons. The van der Waals surface area contributed by atoms with E-state index in [2.05, 4.69) is 12.1 Å². The van der Waals surface area contributed by atoms with Crippen LogP contribution in [0.4, 0.5) is 0 Å². The molecular weight excluding hydrogens is 252 g/mol. The summed E-state index contributed by atoms with van der Waals surface area (Å²) in [4.78, 5) is 2.33. The van der Waals surface area contributed by atoms with Crippen molar-refractivity contribution in [2.75, 3.05) is 0 Å². The number of benzene rings is 1.